The highest BCUT2D eigenvalue weighted by atomic mass is 16.7. The Morgan fingerprint density at radius 3 is 2.39 bits per heavy atom. The summed E-state index contributed by atoms with van der Waals surface area (Å²) in [5.74, 6) is -2.04. The average molecular weight is 430 g/mol. The zero-order valence-corrected chi connectivity index (χ0v) is 15.8. The summed E-state index contributed by atoms with van der Waals surface area (Å²) in [6.07, 6.45) is -3.40. The van der Waals surface area contributed by atoms with Crippen molar-refractivity contribution in [1.82, 2.24) is 0 Å². The number of hydrogen-bond donors (Lipinski definition) is 6. The second-order valence-electron chi connectivity index (χ2n) is 6.85. The van der Waals surface area contributed by atoms with Crippen LogP contribution in [-0.4, -0.2) is 55.7 Å². The van der Waals surface area contributed by atoms with Gasteiger partial charge in [-0.25, -0.2) is 0 Å². The maximum atomic E-state index is 12.9. The van der Waals surface area contributed by atoms with Crippen molar-refractivity contribution in [3.63, 3.8) is 0 Å². The first-order valence-corrected chi connectivity index (χ1v) is 9.11. The zero-order chi connectivity index (χ0) is 22.3. The Balaban J connectivity index is 1.70. The van der Waals surface area contributed by atoms with E-state index in [0.29, 0.717) is 5.56 Å². The van der Waals surface area contributed by atoms with E-state index in [1.54, 1.807) is 0 Å². The molecular formula is C21H18O10. The number of aromatic hydroxyl groups is 2. The van der Waals surface area contributed by atoms with E-state index in [0.717, 1.165) is 6.07 Å². The first kappa shape index (κ1) is 20.5. The van der Waals surface area contributed by atoms with Crippen LogP contribution in [-0.2, 0) is 4.74 Å². The minimum absolute atomic E-state index is 0.0193. The van der Waals surface area contributed by atoms with Crippen molar-refractivity contribution < 1.29 is 44.5 Å². The van der Waals surface area contributed by atoms with E-state index in [1.165, 1.54) is 36.6 Å². The van der Waals surface area contributed by atoms with E-state index in [9.17, 15) is 35.4 Å². The highest BCUT2D eigenvalue weighted by Gasteiger charge is 2.38. The molecule has 1 aliphatic heterocycles. The van der Waals surface area contributed by atoms with Crippen LogP contribution in [0, 0.1) is 0 Å². The van der Waals surface area contributed by atoms with E-state index in [-0.39, 0.29) is 28.0 Å². The molecule has 0 saturated heterocycles. The predicted octanol–water partition coefficient (Wildman–Crippen LogP) is 1.66. The van der Waals surface area contributed by atoms with Crippen molar-refractivity contribution in [3.05, 3.63) is 64.4 Å². The van der Waals surface area contributed by atoms with Crippen molar-refractivity contribution in [2.45, 2.75) is 18.5 Å². The fourth-order valence-corrected chi connectivity index (χ4v) is 3.22. The van der Waals surface area contributed by atoms with E-state index in [2.05, 4.69) is 0 Å². The topological polar surface area (TPSA) is 170 Å². The average Bonchev–Trinajstić information content (AvgIpc) is 2.75. The Morgan fingerprint density at radius 1 is 1.00 bits per heavy atom. The van der Waals surface area contributed by atoms with Crippen molar-refractivity contribution >= 4 is 11.0 Å². The van der Waals surface area contributed by atoms with E-state index >= 15 is 0 Å². The molecule has 4 rings (SSSR count). The van der Waals surface area contributed by atoms with Gasteiger partial charge in [-0.05, 0) is 17.7 Å². The molecule has 3 unspecified atom stereocenters. The Labute approximate surface area is 174 Å². The summed E-state index contributed by atoms with van der Waals surface area (Å²) in [5.41, 5.74) is 0.104. The van der Waals surface area contributed by atoms with Crippen LogP contribution in [0.4, 0.5) is 0 Å². The van der Waals surface area contributed by atoms with Gasteiger partial charge in [0.15, 0.2) is 17.6 Å². The summed E-state index contributed by atoms with van der Waals surface area (Å²) in [7, 11) is 0. The lowest BCUT2D eigenvalue weighted by Crippen LogP contribution is -2.45. The van der Waals surface area contributed by atoms with Crippen LogP contribution in [0.5, 0.6) is 17.2 Å². The van der Waals surface area contributed by atoms with Crippen LogP contribution in [0.3, 0.4) is 0 Å². The summed E-state index contributed by atoms with van der Waals surface area (Å²) in [6.45, 7) is -0.680. The molecule has 0 spiro atoms. The molecular weight excluding hydrogens is 412 g/mol. The first-order valence-electron chi connectivity index (χ1n) is 9.11. The molecule has 0 amide bonds. The van der Waals surface area contributed by atoms with Gasteiger partial charge in [0.2, 0.25) is 11.7 Å². The lowest BCUT2D eigenvalue weighted by Gasteiger charge is -2.32. The normalized spacial score (nSPS) is 21.4. The fraction of sp³-hybridized carbons (Fsp3) is 0.190. The smallest absolute Gasteiger partial charge is 0.234 e. The fourth-order valence-electron chi connectivity index (χ4n) is 3.22. The molecule has 3 aromatic rings. The molecule has 31 heavy (non-hydrogen) atoms. The van der Waals surface area contributed by atoms with Crippen molar-refractivity contribution in [2.75, 3.05) is 6.61 Å². The minimum atomic E-state index is -1.76. The molecule has 10 nitrogen and oxygen atoms in total. The van der Waals surface area contributed by atoms with Gasteiger partial charge in [0, 0.05) is 12.1 Å². The third-order valence-corrected chi connectivity index (χ3v) is 4.83. The molecule has 0 aliphatic carbocycles. The van der Waals surface area contributed by atoms with E-state index in [1.807, 2.05) is 0 Å². The van der Waals surface area contributed by atoms with Gasteiger partial charge in [0.05, 0.1) is 12.2 Å². The van der Waals surface area contributed by atoms with Gasteiger partial charge in [0.25, 0.3) is 0 Å². The molecule has 1 aliphatic rings. The van der Waals surface area contributed by atoms with Crippen molar-refractivity contribution in [2.24, 2.45) is 0 Å². The van der Waals surface area contributed by atoms with E-state index in [4.69, 9.17) is 13.9 Å². The third-order valence-electron chi connectivity index (χ3n) is 4.83. The van der Waals surface area contributed by atoms with Gasteiger partial charge in [-0.3, -0.25) is 4.79 Å². The second kappa shape index (κ2) is 7.84. The number of ether oxygens (including phenoxy) is 2. The predicted molar refractivity (Wildman–Crippen MR) is 106 cm³/mol. The molecule has 0 fully saturated rings. The lowest BCUT2D eigenvalue weighted by atomic mass is 10.0. The number of phenols is 2. The summed E-state index contributed by atoms with van der Waals surface area (Å²) in [4.78, 5) is 12.9. The number of fused-ring (bicyclic) bond motifs is 1. The van der Waals surface area contributed by atoms with Crippen LogP contribution >= 0.6 is 0 Å². The Kier molecular flexibility index (Phi) is 5.19. The Bertz CT molecular complexity index is 1210. The molecule has 10 heteroatoms. The highest BCUT2D eigenvalue weighted by molar-refractivity contribution is 5.88. The minimum Gasteiger partial charge on any atom is -0.508 e. The summed E-state index contributed by atoms with van der Waals surface area (Å²) in [5, 5.41) is 58.4. The Morgan fingerprint density at radius 2 is 1.71 bits per heavy atom. The molecule has 1 aromatic heterocycles. The van der Waals surface area contributed by atoms with Gasteiger partial charge < -0.3 is 44.5 Å². The first-order chi connectivity index (χ1) is 14.8. The highest BCUT2D eigenvalue weighted by Crippen LogP contribution is 2.33. The molecule has 6 N–H and O–H groups in total. The van der Waals surface area contributed by atoms with Gasteiger partial charge in [0.1, 0.15) is 40.6 Å². The molecule has 2 aromatic carbocycles. The molecule has 2 heterocycles. The van der Waals surface area contributed by atoms with E-state index < -0.39 is 47.8 Å². The van der Waals surface area contributed by atoms with Crippen LogP contribution in [0.15, 0.2) is 63.4 Å². The molecule has 162 valence electrons. The van der Waals surface area contributed by atoms with Crippen LogP contribution in [0.1, 0.15) is 0 Å². The lowest BCUT2D eigenvalue weighted by molar-refractivity contribution is -0.192. The van der Waals surface area contributed by atoms with Gasteiger partial charge in [-0.15, -0.1) is 0 Å². The van der Waals surface area contributed by atoms with Crippen LogP contribution < -0.4 is 10.2 Å². The Hall–Kier alpha value is -3.73. The number of phenolic OH excluding ortho intramolecular Hbond substituents is 2. The van der Waals surface area contributed by atoms with Gasteiger partial charge >= 0.3 is 0 Å². The quantitative estimate of drug-likeness (QED) is 0.358. The summed E-state index contributed by atoms with van der Waals surface area (Å²) in [6, 6.07) is 8.24. The molecule has 0 radical (unpaired) electrons. The largest absolute Gasteiger partial charge is 0.508 e. The molecule has 3 atom stereocenters. The number of rotatable bonds is 4. The molecule has 0 saturated carbocycles. The van der Waals surface area contributed by atoms with Gasteiger partial charge in [-0.2, -0.15) is 0 Å². The molecule has 0 bridgehead atoms. The summed E-state index contributed by atoms with van der Waals surface area (Å²) < 4.78 is 16.1. The van der Waals surface area contributed by atoms with Crippen molar-refractivity contribution in [1.29, 1.82) is 0 Å². The van der Waals surface area contributed by atoms with Crippen LogP contribution in [0.25, 0.3) is 22.1 Å². The number of aliphatic hydroxyl groups is 4. The van der Waals surface area contributed by atoms with Crippen molar-refractivity contribution in [3.8, 4) is 28.4 Å². The second-order valence-corrected chi connectivity index (χ2v) is 6.85. The monoisotopic (exact) mass is 430 g/mol. The van der Waals surface area contributed by atoms with Crippen LogP contribution in [0.2, 0.25) is 0 Å². The SMILES string of the molecule is O=c1c(-c2ccc(O)cc2)coc2cc(OC3OC(CO)C(O)=C(O)C3O)cc(O)c12. The summed E-state index contributed by atoms with van der Waals surface area (Å²) >= 11 is 0. The third kappa shape index (κ3) is 3.63. The number of benzene rings is 2. The van der Waals surface area contributed by atoms with Gasteiger partial charge in [-0.1, -0.05) is 12.1 Å². The zero-order valence-electron chi connectivity index (χ0n) is 15.8. The number of hydrogen-bond acceptors (Lipinski definition) is 10. The standard InChI is InChI=1S/C21H18O10/c22-7-15-18(26)19(27)20(28)21(31-15)30-11-5-13(24)16-14(6-11)29-8-12(17(16)25)9-1-3-10(23)4-2-9/h1-6,8,15,20-24,26-28H,7H2. The maximum Gasteiger partial charge on any atom is 0.234 e. The number of aliphatic hydroxyl groups excluding tert-OH is 4. The maximum absolute atomic E-state index is 12.9.